The van der Waals surface area contributed by atoms with Crippen molar-refractivity contribution in [2.75, 3.05) is 33.3 Å². The number of carbonyl (C=O) groups excluding carboxylic acids is 3. The Kier molecular flexibility index (Phi) is 7.85. The van der Waals surface area contributed by atoms with Gasteiger partial charge in [0, 0.05) is 13.1 Å². The molecule has 0 spiro atoms. The number of benzene rings is 1. The molecule has 0 aromatic heterocycles. The molecular formula is C17H25ClN4O4. The highest BCUT2D eigenvalue weighted by Gasteiger charge is 2.49. The fourth-order valence-electron chi connectivity index (χ4n) is 2.63. The van der Waals surface area contributed by atoms with Crippen molar-refractivity contribution in [1.82, 2.24) is 20.9 Å². The van der Waals surface area contributed by atoms with Crippen LogP contribution in [0.5, 0.6) is 5.75 Å². The van der Waals surface area contributed by atoms with E-state index in [1.54, 1.807) is 38.3 Å². The van der Waals surface area contributed by atoms with Crippen LogP contribution in [0.1, 0.15) is 19.4 Å². The lowest BCUT2D eigenvalue weighted by Gasteiger charge is -2.22. The Morgan fingerprint density at radius 2 is 1.88 bits per heavy atom. The van der Waals surface area contributed by atoms with Gasteiger partial charge in [0.15, 0.2) is 0 Å². The molecule has 1 unspecified atom stereocenters. The van der Waals surface area contributed by atoms with Gasteiger partial charge in [0.2, 0.25) is 5.91 Å². The number of hydrogen-bond donors (Lipinski definition) is 3. The van der Waals surface area contributed by atoms with Gasteiger partial charge >= 0.3 is 6.03 Å². The van der Waals surface area contributed by atoms with Gasteiger partial charge in [-0.2, -0.15) is 0 Å². The number of rotatable bonds is 8. The molecule has 1 aromatic rings. The minimum atomic E-state index is -1.20. The highest BCUT2D eigenvalue weighted by atomic mass is 35.5. The summed E-state index contributed by atoms with van der Waals surface area (Å²) in [4.78, 5) is 37.8. The molecule has 1 heterocycles. The number of ether oxygens (including phenoxy) is 1. The predicted octanol–water partition coefficient (Wildman–Crippen LogP) is 0.610. The summed E-state index contributed by atoms with van der Waals surface area (Å²) in [6, 6.07) is 6.30. The molecule has 1 aromatic carbocycles. The molecule has 0 radical (unpaired) electrons. The number of nitrogens with zero attached hydrogens (tertiary/aromatic N) is 1. The maximum atomic E-state index is 12.7. The maximum Gasteiger partial charge on any atom is 0.325 e. The molecule has 2 rings (SSSR count). The SMILES string of the molecule is CCNCCNC(=O)CN1C(=O)NC(C)(c2ccc(OC)cc2)C1=O.Cl. The van der Waals surface area contributed by atoms with E-state index in [0.717, 1.165) is 11.4 Å². The number of imide groups is 1. The van der Waals surface area contributed by atoms with E-state index in [-0.39, 0.29) is 24.9 Å². The van der Waals surface area contributed by atoms with E-state index < -0.39 is 17.5 Å². The van der Waals surface area contributed by atoms with E-state index in [4.69, 9.17) is 4.74 Å². The van der Waals surface area contributed by atoms with Crippen molar-refractivity contribution < 1.29 is 19.1 Å². The Balaban J connectivity index is 0.00000338. The Labute approximate surface area is 159 Å². The lowest BCUT2D eigenvalue weighted by atomic mass is 9.92. The van der Waals surface area contributed by atoms with Gasteiger partial charge in [-0.15, -0.1) is 12.4 Å². The number of urea groups is 1. The zero-order valence-corrected chi connectivity index (χ0v) is 15.9. The number of nitrogens with one attached hydrogen (secondary N) is 3. The summed E-state index contributed by atoms with van der Waals surface area (Å²) in [6.45, 7) is 5.16. The van der Waals surface area contributed by atoms with E-state index in [0.29, 0.717) is 24.4 Å². The molecule has 0 aliphatic carbocycles. The Hall–Kier alpha value is -2.32. The summed E-state index contributed by atoms with van der Waals surface area (Å²) in [5.74, 6) is -0.175. The summed E-state index contributed by atoms with van der Waals surface area (Å²) in [5.41, 5.74) is -0.574. The lowest BCUT2D eigenvalue weighted by molar-refractivity contribution is -0.134. The number of likely N-dealkylation sites (N-methyl/N-ethyl adjacent to an activating group) is 1. The molecule has 0 saturated carbocycles. The zero-order chi connectivity index (χ0) is 18.4. The molecule has 26 heavy (non-hydrogen) atoms. The molecule has 1 saturated heterocycles. The van der Waals surface area contributed by atoms with Crippen LogP contribution in [0, 0.1) is 0 Å². The molecule has 9 heteroatoms. The third-order valence-corrected chi connectivity index (χ3v) is 4.12. The Bertz CT molecular complexity index is 653. The smallest absolute Gasteiger partial charge is 0.325 e. The molecule has 144 valence electrons. The average Bonchev–Trinajstić information content (AvgIpc) is 2.83. The first-order valence-corrected chi connectivity index (χ1v) is 8.18. The fraction of sp³-hybridized carbons (Fsp3) is 0.471. The Morgan fingerprint density at radius 1 is 1.23 bits per heavy atom. The molecule has 1 fully saturated rings. The third kappa shape index (κ3) is 4.64. The van der Waals surface area contributed by atoms with E-state index in [1.807, 2.05) is 6.92 Å². The fourth-order valence-corrected chi connectivity index (χ4v) is 2.63. The number of methoxy groups -OCH3 is 1. The quantitative estimate of drug-likeness (QED) is 0.450. The summed E-state index contributed by atoms with van der Waals surface area (Å²) in [5, 5.41) is 8.42. The summed E-state index contributed by atoms with van der Waals surface area (Å²) in [7, 11) is 1.55. The van der Waals surface area contributed by atoms with E-state index >= 15 is 0 Å². The molecule has 1 aliphatic heterocycles. The number of hydrogen-bond acceptors (Lipinski definition) is 5. The topological polar surface area (TPSA) is 99.8 Å². The van der Waals surface area contributed by atoms with Crippen molar-refractivity contribution in [2.45, 2.75) is 19.4 Å². The molecule has 3 N–H and O–H groups in total. The van der Waals surface area contributed by atoms with Crippen LogP contribution < -0.4 is 20.7 Å². The van der Waals surface area contributed by atoms with Crippen LogP contribution in [0.15, 0.2) is 24.3 Å². The van der Waals surface area contributed by atoms with Crippen LogP contribution in [0.25, 0.3) is 0 Å². The Morgan fingerprint density at radius 3 is 2.46 bits per heavy atom. The first-order valence-electron chi connectivity index (χ1n) is 8.18. The highest BCUT2D eigenvalue weighted by molar-refractivity contribution is 6.09. The van der Waals surface area contributed by atoms with Crippen molar-refractivity contribution in [1.29, 1.82) is 0 Å². The standard InChI is InChI=1S/C17H24N4O4.ClH/c1-4-18-9-10-19-14(22)11-21-15(23)17(2,20-16(21)24)12-5-7-13(25-3)8-6-12;/h5-8,18H,4,9-11H2,1-3H3,(H,19,22)(H,20,24);1H. The highest BCUT2D eigenvalue weighted by Crippen LogP contribution is 2.29. The second-order valence-electron chi connectivity index (χ2n) is 5.88. The largest absolute Gasteiger partial charge is 0.497 e. The minimum Gasteiger partial charge on any atom is -0.497 e. The lowest BCUT2D eigenvalue weighted by Crippen LogP contribution is -2.44. The molecular weight excluding hydrogens is 360 g/mol. The molecule has 1 aliphatic rings. The second kappa shape index (κ2) is 9.40. The van der Waals surface area contributed by atoms with Gasteiger partial charge in [-0.25, -0.2) is 4.79 Å². The zero-order valence-electron chi connectivity index (χ0n) is 15.1. The number of carbonyl (C=O) groups is 3. The van der Waals surface area contributed by atoms with Crippen molar-refractivity contribution in [3.8, 4) is 5.75 Å². The first kappa shape index (κ1) is 21.7. The number of amides is 4. The van der Waals surface area contributed by atoms with Crippen LogP contribution in [0.3, 0.4) is 0 Å². The molecule has 0 bridgehead atoms. The van der Waals surface area contributed by atoms with Crippen LogP contribution in [0.2, 0.25) is 0 Å². The first-order chi connectivity index (χ1) is 11.9. The average molecular weight is 385 g/mol. The molecule has 1 atom stereocenters. The van der Waals surface area contributed by atoms with Crippen LogP contribution in [-0.2, 0) is 15.1 Å². The van der Waals surface area contributed by atoms with Gasteiger partial charge in [-0.3, -0.25) is 14.5 Å². The summed E-state index contributed by atoms with van der Waals surface area (Å²) >= 11 is 0. The van der Waals surface area contributed by atoms with Gasteiger partial charge in [0.05, 0.1) is 7.11 Å². The predicted molar refractivity (Wildman–Crippen MR) is 99.4 cm³/mol. The van der Waals surface area contributed by atoms with E-state index in [1.165, 1.54) is 0 Å². The van der Waals surface area contributed by atoms with Crippen molar-refractivity contribution >= 4 is 30.3 Å². The minimum absolute atomic E-state index is 0. The van der Waals surface area contributed by atoms with Crippen LogP contribution >= 0.6 is 12.4 Å². The molecule has 8 nitrogen and oxygen atoms in total. The summed E-state index contributed by atoms with van der Waals surface area (Å²) < 4.78 is 5.10. The summed E-state index contributed by atoms with van der Waals surface area (Å²) in [6.07, 6.45) is 0. The van der Waals surface area contributed by atoms with Gasteiger partial charge < -0.3 is 20.7 Å². The normalized spacial score (nSPS) is 19.0. The van der Waals surface area contributed by atoms with E-state index in [9.17, 15) is 14.4 Å². The van der Waals surface area contributed by atoms with Crippen LogP contribution in [-0.4, -0.2) is 56.0 Å². The second-order valence-corrected chi connectivity index (χ2v) is 5.88. The van der Waals surface area contributed by atoms with Gasteiger partial charge in [-0.1, -0.05) is 19.1 Å². The molecule has 4 amide bonds. The monoisotopic (exact) mass is 384 g/mol. The number of halogens is 1. The third-order valence-electron chi connectivity index (χ3n) is 4.12. The van der Waals surface area contributed by atoms with Crippen molar-refractivity contribution in [2.24, 2.45) is 0 Å². The van der Waals surface area contributed by atoms with E-state index in [2.05, 4.69) is 16.0 Å². The van der Waals surface area contributed by atoms with Gasteiger partial charge in [0.1, 0.15) is 17.8 Å². The maximum absolute atomic E-state index is 12.7. The van der Waals surface area contributed by atoms with Crippen molar-refractivity contribution in [3.05, 3.63) is 29.8 Å². The van der Waals surface area contributed by atoms with Gasteiger partial charge in [-0.05, 0) is 31.2 Å². The van der Waals surface area contributed by atoms with Crippen LogP contribution in [0.4, 0.5) is 4.79 Å². The van der Waals surface area contributed by atoms with Gasteiger partial charge in [0.25, 0.3) is 5.91 Å². The van der Waals surface area contributed by atoms with Crippen molar-refractivity contribution in [3.63, 3.8) is 0 Å².